The second kappa shape index (κ2) is 14.2. The lowest BCUT2D eigenvalue weighted by Crippen LogP contribution is -2.20. The minimum absolute atomic E-state index is 0.347. The lowest BCUT2D eigenvalue weighted by atomic mass is 9.76. The normalized spacial score (nSPS) is 20.3. The molecule has 3 heteroatoms. The first kappa shape index (κ1) is 27.2. The molecule has 0 amide bonds. The van der Waals surface area contributed by atoms with Crippen LogP contribution in [0, 0.1) is 24.2 Å². The van der Waals surface area contributed by atoms with Crippen LogP contribution in [-0.4, -0.2) is 22.5 Å². The fourth-order valence-corrected chi connectivity index (χ4v) is 3.36. The highest BCUT2D eigenvalue weighted by Crippen LogP contribution is 2.36. The molecule has 1 aliphatic carbocycles. The third-order valence-electron chi connectivity index (χ3n) is 4.96. The molecule has 0 spiro atoms. The summed E-state index contributed by atoms with van der Waals surface area (Å²) >= 11 is 0. The summed E-state index contributed by atoms with van der Waals surface area (Å²) in [6, 6.07) is 0. The van der Waals surface area contributed by atoms with Crippen LogP contribution >= 0.6 is 0 Å². The van der Waals surface area contributed by atoms with Crippen molar-refractivity contribution in [3.8, 4) is 12.3 Å². The topological polar surface area (TPSA) is 40.5 Å². The van der Waals surface area contributed by atoms with Gasteiger partial charge >= 0.3 is 0 Å². The van der Waals surface area contributed by atoms with E-state index < -0.39 is 12.3 Å². The monoisotopic (exact) mass is 404 g/mol. The van der Waals surface area contributed by atoms with Crippen molar-refractivity contribution < 1.29 is 14.6 Å². The smallest absolute Gasteiger partial charge is 0.118 e. The first-order valence-electron chi connectivity index (χ1n) is 10.7. The summed E-state index contributed by atoms with van der Waals surface area (Å²) in [6.07, 6.45) is 18.8. The van der Waals surface area contributed by atoms with Gasteiger partial charge in [0.2, 0.25) is 0 Å². The summed E-state index contributed by atoms with van der Waals surface area (Å²) in [4.78, 5) is 0. The van der Waals surface area contributed by atoms with Crippen LogP contribution in [0.25, 0.3) is 0 Å². The van der Waals surface area contributed by atoms with Crippen LogP contribution in [0.5, 0.6) is 0 Å². The van der Waals surface area contributed by atoms with Gasteiger partial charge in [-0.3, -0.25) is 0 Å². The molecule has 0 aromatic rings. The van der Waals surface area contributed by atoms with Gasteiger partial charge in [-0.05, 0) is 82.9 Å². The Bertz CT molecular complexity index is 626. The minimum atomic E-state index is -1.12. The zero-order chi connectivity index (χ0) is 22.4. The van der Waals surface area contributed by atoms with Gasteiger partial charge in [-0.1, -0.05) is 49.5 Å². The Hall–Kier alpha value is -1.79. The van der Waals surface area contributed by atoms with Gasteiger partial charge < -0.3 is 10.2 Å². The van der Waals surface area contributed by atoms with E-state index in [-0.39, 0.29) is 0 Å². The van der Waals surface area contributed by atoms with E-state index in [0.717, 1.165) is 31.3 Å². The zero-order valence-corrected chi connectivity index (χ0v) is 19.1. The molecule has 29 heavy (non-hydrogen) atoms. The predicted octanol–water partition coefficient (Wildman–Crippen LogP) is 7.23. The predicted molar refractivity (Wildman–Crippen MR) is 123 cm³/mol. The highest BCUT2D eigenvalue weighted by atomic mass is 19.1. The Kier molecular flexibility index (Phi) is 13.4. The van der Waals surface area contributed by atoms with Crippen molar-refractivity contribution in [2.75, 3.05) is 6.67 Å². The molecule has 0 saturated heterocycles. The number of alkyl halides is 1. The molecule has 0 heterocycles. The molecule has 2 unspecified atom stereocenters. The second-order valence-corrected chi connectivity index (χ2v) is 8.80. The summed E-state index contributed by atoms with van der Waals surface area (Å²) in [7, 11) is 0. The Labute approximate surface area is 178 Å². The highest BCUT2D eigenvalue weighted by molar-refractivity contribution is 5.29. The molecule has 0 aliphatic heterocycles. The number of hydrogen-bond donors (Lipinski definition) is 2. The summed E-state index contributed by atoms with van der Waals surface area (Å²) in [5, 5.41) is 18.9. The van der Waals surface area contributed by atoms with Gasteiger partial charge in [0.25, 0.3) is 0 Å². The number of rotatable bonds is 9. The molecular weight excluding hydrogens is 363 g/mol. The number of hydrogen-bond acceptors (Lipinski definition) is 2. The van der Waals surface area contributed by atoms with E-state index in [1.807, 2.05) is 6.08 Å². The summed E-state index contributed by atoms with van der Waals surface area (Å²) in [5.74, 6) is 3.84. The third-order valence-corrected chi connectivity index (χ3v) is 4.96. The van der Waals surface area contributed by atoms with Crippen LogP contribution in [0.1, 0.15) is 79.6 Å². The second-order valence-electron chi connectivity index (χ2n) is 8.80. The molecule has 0 fully saturated rings. The van der Waals surface area contributed by atoms with E-state index in [1.54, 1.807) is 6.08 Å². The molecular formula is C26H41FO2. The van der Waals surface area contributed by atoms with Crippen molar-refractivity contribution in [1.82, 2.24) is 0 Å². The van der Waals surface area contributed by atoms with Gasteiger partial charge in [0.1, 0.15) is 6.67 Å². The first-order chi connectivity index (χ1) is 13.5. The summed E-state index contributed by atoms with van der Waals surface area (Å²) < 4.78 is 11.2. The third kappa shape index (κ3) is 13.1. The van der Waals surface area contributed by atoms with Crippen molar-refractivity contribution in [2.24, 2.45) is 11.8 Å². The van der Waals surface area contributed by atoms with Crippen LogP contribution in [0.2, 0.25) is 0 Å². The maximum atomic E-state index is 11.2. The number of unbranched alkanes of at least 4 members (excludes halogenated alkanes) is 2. The quantitative estimate of drug-likeness (QED) is 0.140. The molecule has 0 aromatic carbocycles. The average molecular weight is 405 g/mol. The molecule has 0 bridgehead atoms. The molecule has 1 aliphatic rings. The minimum Gasteiger partial charge on any atom is -0.512 e. The fraction of sp³-hybridized carbons (Fsp3) is 0.615. The molecule has 2 N–H and O–H groups in total. The highest BCUT2D eigenvalue weighted by Gasteiger charge is 2.25. The molecule has 164 valence electrons. The standard InChI is InChI=1S/C22H32O.C4H9FO/c1-6-8-9-11-19(10-7-2)15-21(23)16-20-14-18(5)12-13-22(20)17(3)4;1-4(2,6)3-5/h2,10,14-15,20,22-23H,3,6,8-9,11-13,16H2,1,4-5H3;6H,3H2,1-2H3/b19-10-,21-15+;. The number of aliphatic hydroxyl groups is 2. The fourth-order valence-electron chi connectivity index (χ4n) is 3.36. The lowest BCUT2D eigenvalue weighted by Gasteiger charge is -2.30. The Morgan fingerprint density at radius 3 is 2.52 bits per heavy atom. The summed E-state index contributed by atoms with van der Waals surface area (Å²) in [5.41, 5.74) is 2.57. The van der Waals surface area contributed by atoms with Gasteiger partial charge in [0.15, 0.2) is 0 Å². The lowest BCUT2D eigenvalue weighted by molar-refractivity contribution is 0.0522. The van der Waals surface area contributed by atoms with E-state index in [9.17, 15) is 9.50 Å². The van der Waals surface area contributed by atoms with Gasteiger partial charge in [0, 0.05) is 6.42 Å². The molecule has 0 aromatic heterocycles. The van der Waals surface area contributed by atoms with E-state index >= 15 is 0 Å². The van der Waals surface area contributed by atoms with Gasteiger partial charge in [-0.25, -0.2) is 4.39 Å². The number of allylic oxidation sites excluding steroid dienone is 7. The van der Waals surface area contributed by atoms with Crippen molar-refractivity contribution in [3.63, 3.8) is 0 Å². The van der Waals surface area contributed by atoms with Crippen molar-refractivity contribution in [3.05, 3.63) is 47.3 Å². The molecule has 0 saturated carbocycles. The van der Waals surface area contributed by atoms with Crippen molar-refractivity contribution in [2.45, 2.75) is 85.2 Å². The van der Waals surface area contributed by atoms with Crippen molar-refractivity contribution >= 4 is 0 Å². The van der Waals surface area contributed by atoms with Crippen LogP contribution in [-0.2, 0) is 0 Å². The van der Waals surface area contributed by atoms with Gasteiger partial charge in [-0.15, -0.1) is 6.42 Å². The van der Waals surface area contributed by atoms with E-state index in [0.29, 0.717) is 24.0 Å². The average Bonchev–Trinajstić information content (AvgIpc) is 2.61. The maximum absolute atomic E-state index is 11.2. The van der Waals surface area contributed by atoms with E-state index in [2.05, 4.69) is 39.3 Å². The zero-order valence-electron chi connectivity index (χ0n) is 19.1. The molecule has 1 rings (SSSR count). The first-order valence-corrected chi connectivity index (χ1v) is 10.7. The largest absolute Gasteiger partial charge is 0.512 e. The maximum Gasteiger partial charge on any atom is 0.118 e. The van der Waals surface area contributed by atoms with Gasteiger partial charge in [-0.2, -0.15) is 0 Å². The number of aliphatic hydroxyl groups excluding tert-OH is 1. The Morgan fingerprint density at radius 1 is 1.41 bits per heavy atom. The molecule has 2 atom stereocenters. The van der Waals surface area contributed by atoms with Crippen molar-refractivity contribution in [1.29, 1.82) is 0 Å². The molecule has 0 radical (unpaired) electrons. The SMILES string of the molecule is C#C/C=C(\C=C(\O)CC1C=C(C)CCC1C(=C)C)CCCCC.CC(C)(O)CF. The summed E-state index contributed by atoms with van der Waals surface area (Å²) in [6.45, 7) is 12.8. The van der Waals surface area contributed by atoms with Crippen LogP contribution in [0.15, 0.2) is 47.3 Å². The number of halogens is 1. The Morgan fingerprint density at radius 2 is 2.03 bits per heavy atom. The van der Waals surface area contributed by atoms with Crippen LogP contribution in [0.3, 0.4) is 0 Å². The van der Waals surface area contributed by atoms with Crippen LogP contribution in [0.4, 0.5) is 4.39 Å². The number of terminal acetylenes is 1. The van der Waals surface area contributed by atoms with E-state index in [1.165, 1.54) is 37.8 Å². The van der Waals surface area contributed by atoms with E-state index in [4.69, 9.17) is 11.5 Å². The van der Waals surface area contributed by atoms with Gasteiger partial charge in [0.05, 0.1) is 11.4 Å². The molecule has 2 nitrogen and oxygen atoms in total. The Balaban J connectivity index is 0.00000113. The van der Waals surface area contributed by atoms with Crippen LogP contribution < -0.4 is 0 Å².